The Balaban J connectivity index is 1.77. The number of ketones is 3. The lowest BCUT2D eigenvalue weighted by Crippen LogP contribution is -2.60. The van der Waals surface area contributed by atoms with E-state index in [0.717, 1.165) is 5.57 Å². The van der Waals surface area contributed by atoms with Crippen molar-refractivity contribution in [3.05, 3.63) is 11.6 Å². The van der Waals surface area contributed by atoms with Crippen LogP contribution in [-0.2, 0) is 19.2 Å². The predicted molar refractivity (Wildman–Crippen MR) is 105 cm³/mol. The van der Waals surface area contributed by atoms with Gasteiger partial charge in [-0.25, -0.2) is 0 Å². The Morgan fingerprint density at radius 2 is 1.90 bits per heavy atom. The predicted octanol–water partition coefficient (Wildman–Crippen LogP) is 1.69. The van der Waals surface area contributed by atoms with Crippen molar-refractivity contribution in [1.29, 1.82) is 0 Å². The molecule has 4 aliphatic carbocycles. The van der Waals surface area contributed by atoms with E-state index in [0.29, 0.717) is 38.5 Å². The molecule has 0 amide bonds. The summed E-state index contributed by atoms with van der Waals surface area (Å²) in [5, 5.41) is 30.1. The van der Waals surface area contributed by atoms with Crippen LogP contribution in [0, 0.1) is 34.5 Å². The molecular weight excluding hydrogens is 388 g/mol. The summed E-state index contributed by atoms with van der Waals surface area (Å²) in [5.74, 6) is -3.12. The van der Waals surface area contributed by atoms with Crippen molar-refractivity contribution in [2.24, 2.45) is 34.5 Å². The standard InChI is InChI=1S/C23H30O7/c1-22-7-6-13(25)8-12(22)2-3-14-15-4-5-16(18(27)11-24)23(15,10-17(26)21(14)22)19(28)9-20(29)30/h8,14-17,21,24,26H,2-7,9-11H2,1H3,(H,29,30)/t14-,15-,16+,17-,21+,22-,23+/m0/s1. The van der Waals surface area contributed by atoms with Gasteiger partial charge in [0.2, 0.25) is 0 Å². The molecule has 0 aromatic rings. The minimum absolute atomic E-state index is 0.0154. The van der Waals surface area contributed by atoms with Gasteiger partial charge in [0.15, 0.2) is 17.3 Å². The van der Waals surface area contributed by atoms with E-state index >= 15 is 0 Å². The molecule has 3 saturated carbocycles. The number of allylic oxidation sites excluding steroid dienone is 1. The monoisotopic (exact) mass is 418 g/mol. The minimum Gasteiger partial charge on any atom is -0.481 e. The lowest BCUT2D eigenvalue weighted by atomic mass is 9.44. The number of fused-ring (bicyclic) bond motifs is 5. The Labute approximate surface area is 175 Å². The second-order valence-corrected chi connectivity index (χ2v) is 9.95. The van der Waals surface area contributed by atoms with E-state index in [4.69, 9.17) is 0 Å². The summed E-state index contributed by atoms with van der Waals surface area (Å²) in [6.07, 6.45) is 3.83. The van der Waals surface area contributed by atoms with Gasteiger partial charge in [-0.2, -0.15) is 0 Å². The van der Waals surface area contributed by atoms with Crippen LogP contribution in [0.3, 0.4) is 0 Å². The van der Waals surface area contributed by atoms with Crippen molar-refractivity contribution in [3.63, 3.8) is 0 Å². The minimum atomic E-state index is -1.24. The Bertz CT molecular complexity index is 829. The quantitative estimate of drug-likeness (QED) is 0.580. The maximum Gasteiger partial charge on any atom is 0.310 e. The van der Waals surface area contributed by atoms with Crippen LogP contribution in [0.1, 0.15) is 58.3 Å². The number of aliphatic carboxylic acids is 1. The molecule has 3 fully saturated rings. The van der Waals surface area contributed by atoms with Crippen molar-refractivity contribution in [3.8, 4) is 0 Å². The molecule has 0 heterocycles. The second kappa shape index (κ2) is 7.38. The summed E-state index contributed by atoms with van der Waals surface area (Å²) >= 11 is 0. The van der Waals surface area contributed by atoms with Crippen molar-refractivity contribution in [1.82, 2.24) is 0 Å². The first-order valence-electron chi connectivity index (χ1n) is 11.0. The molecule has 0 aromatic heterocycles. The summed E-state index contributed by atoms with van der Waals surface area (Å²) in [6, 6.07) is 0. The van der Waals surface area contributed by atoms with E-state index in [1.54, 1.807) is 6.08 Å². The number of carbonyl (C=O) groups is 4. The normalized spacial score (nSPS) is 42.6. The highest BCUT2D eigenvalue weighted by Crippen LogP contribution is 2.67. The van der Waals surface area contributed by atoms with Crippen LogP contribution < -0.4 is 0 Å². The molecule has 0 aromatic carbocycles. The Kier molecular flexibility index (Phi) is 5.26. The molecule has 0 bridgehead atoms. The number of hydrogen-bond donors (Lipinski definition) is 3. The van der Waals surface area contributed by atoms with Gasteiger partial charge in [0, 0.05) is 17.8 Å². The van der Waals surface area contributed by atoms with Crippen LogP contribution in [0.4, 0.5) is 0 Å². The van der Waals surface area contributed by atoms with E-state index in [9.17, 15) is 34.5 Å². The summed E-state index contributed by atoms with van der Waals surface area (Å²) < 4.78 is 0. The molecule has 0 spiro atoms. The van der Waals surface area contributed by atoms with Crippen LogP contribution >= 0.6 is 0 Å². The molecule has 0 radical (unpaired) electrons. The van der Waals surface area contributed by atoms with Crippen molar-refractivity contribution in [2.75, 3.05) is 6.61 Å². The maximum atomic E-state index is 13.3. The summed E-state index contributed by atoms with van der Waals surface area (Å²) in [5.41, 5.74) is -0.470. The largest absolute Gasteiger partial charge is 0.481 e. The number of carboxylic acid groups (broad SMARTS) is 1. The first kappa shape index (κ1) is 21.4. The number of hydrogen-bond acceptors (Lipinski definition) is 6. The van der Waals surface area contributed by atoms with Gasteiger partial charge in [0.05, 0.1) is 6.10 Å². The van der Waals surface area contributed by atoms with Gasteiger partial charge in [-0.15, -0.1) is 0 Å². The van der Waals surface area contributed by atoms with Gasteiger partial charge in [0.25, 0.3) is 0 Å². The molecule has 0 unspecified atom stereocenters. The molecule has 0 aliphatic heterocycles. The van der Waals surface area contributed by atoms with Crippen LogP contribution in [-0.4, -0.2) is 51.3 Å². The highest BCUT2D eigenvalue weighted by molar-refractivity contribution is 6.02. The first-order valence-corrected chi connectivity index (χ1v) is 11.0. The highest BCUT2D eigenvalue weighted by atomic mass is 16.4. The summed E-state index contributed by atoms with van der Waals surface area (Å²) in [4.78, 5) is 49.2. The van der Waals surface area contributed by atoms with Crippen LogP contribution in [0.2, 0.25) is 0 Å². The molecule has 7 nitrogen and oxygen atoms in total. The molecule has 7 heteroatoms. The topological polar surface area (TPSA) is 129 Å². The van der Waals surface area contributed by atoms with Gasteiger partial charge in [-0.05, 0) is 67.8 Å². The average Bonchev–Trinajstić information content (AvgIpc) is 3.07. The van der Waals surface area contributed by atoms with E-state index in [1.807, 2.05) is 0 Å². The lowest BCUT2D eigenvalue weighted by Gasteiger charge is -2.59. The smallest absolute Gasteiger partial charge is 0.310 e. The fourth-order valence-electron chi connectivity index (χ4n) is 7.71. The number of aliphatic hydroxyl groups excluding tert-OH is 2. The Morgan fingerprint density at radius 1 is 1.17 bits per heavy atom. The molecule has 4 rings (SSSR count). The summed E-state index contributed by atoms with van der Waals surface area (Å²) in [6.45, 7) is 1.42. The number of carboxylic acids is 1. The van der Waals surface area contributed by atoms with E-state index in [1.165, 1.54) is 0 Å². The fraction of sp³-hybridized carbons (Fsp3) is 0.739. The van der Waals surface area contributed by atoms with Crippen molar-refractivity contribution < 1.29 is 34.5 Å². The molecule has 30 heavy (non-hydrogen) atoms. The average molecular weight is 418 g/mol. The summed E-state index contributed by atoms with van der Waals surface area (Å²) in [7, 11) is 0. The molecule has 164 valence electrons. The van der Waals surface area contributed by atoms with Crippen LogP contribution in [0.25, 0.3) is 0 Å². The van der Waals surface area contributed by atoms with Crippen LogP contribution in [0.5, 0.6) is 0 Å². The van der Waals surface area contributed by atoms with Crippen molar-refractivity contribution >= 4 is 23.3 Å². The number of Topliss-reactive ketones (excluding diaryl/α,β-unsaturated/α-hetero) is 2. The second-order valence-electron chi connectivity index (χ2n) is 9.95. The molecule has 7 atom stereocenters. The zero-order chi connectivity index (χ0) is 21.8. The highest BCUT2D eigenvalue weighted by Gasteiger charge is 2.67. The molecule has 0 saturated heterocycles. The van der Waals surface area contributed by atoms with Gasteiger partial charge in [-0.1, -0.05) is 12.5 Å². The third-order valence-electron chi connectivity index (χ3n) is 8.81. The third-order valence-corrected chi connectivity index (χ3v) is 8.81. The number of rotatable bonds is 5. The zero-order valence-electron chi connectivity index (χ0n) is 17.3. The SMILES string of the molecule is C[C@]12CCC(=O)C=C1CC[C@@H]1[C@@H]2[C@@H](O)C[C@]2(C(=O)CC(=O)O)[C@@H](C(=O)CO)CC[C@@H]12. The third kappa shape index (κ3) is 2.93. The number of carbonyl (C=O) groups excluding carboxylic acids is 3. The van der Waals surface area contributed by atoms with E-state index in [-0.39, 0.29) is 35.4 Å². The Morgan fingerprint density at radius 3 is 2.57 bits per heavy atom. The van der Waals surface area contributed by atoms with E-state index in [2.05, 4.69) is 6.92 Å². The van der Waals surface area contributed by atoms with Gasteiger partial charge >= 0.3 is 5.97 Å². The lowest BCUT2D eigenvalue weighted by molar-refractivity contribution is -0.168. The maximum absolute atomic E-state index is 13.3. The fourth-order valence-corrected chi connectivity index (χ4v) is 7.71. The Hall–Kier alpha value is -1.86. The number of aliphatic hydroxyl groups is 2. The molecular formula is C23H30O7. The first-order chi connectivity index (χ1) is 14.1. The van der Waals surface area contributed by atoms with Crippen molar-refractivity contribution in [2.45, 2.75) is 64.4 Å². The molecule has 4 aliphatic rings. The van der Waals surface area contributed by atoms with Gasteiger partial charge in [-0.3, -0.25) is 19.2 Å². The van der Waals surface area contributed by atoms with Crippen LogP contribution in [0.15, 0.2) is 11.6 Å². The van der Waals surface area contributed by atoms with E-state index < -0.39 is 48.0 Å². The zero-order valence-corrected chi connectivity index (χ0v) is 17.3. The van der Waals surface area contributed by atoms with Gasteiger partial charge < -0.3 is 15.3 Å². The van der Waals surface area contributed by atoms with Gasteiger partial charge in [0.1, 0.15) is 13.0 Å². The molecule has 3 N–H and O–H groups in total.